The normalized spacial score (nSPS) is 28.1. The van der Waals surface area contributed by atoms with Crippen LogP contribution in [0.1, 0.15) is 12.0 Å². The van der Waals surface area contributed by atoms with Crippen molar-refractivity contribution in [1.82, 2.24) is 5.32 Å². The number of aliphatic hydroxyl groups is 2. The smallest absolute Gasteiger partial charge is 0.390 e. The summed E-state index contributed by atoms with van der Waals surface area (Å²) < 4.78 is 39.7. The monoisotopic (exact) mass is 451 g/mol. The number of amides is 1. The lowest BCUT2D eigenvalue weighted by Gasteiger charge is -2.41. The first-order chi connectivity index (χ1) is 14.7. The van der Waals surface area contributed by atoms with Gasteiger partial charge >= 0.3 is 6.18 Å². The second kappa shape index (κ2) is 8.10. The van der Waals surface area contributed by atoms with Crippen LogP contribution < -0.4 is 15.5 Å². The van der Waals surface area contributed by atoms with Gasteiger partial charge in [-0.2, -0.15) is 13.2 Å². The molecule has 1 saturated heterocycles. The Kier molecular flexibility index (Phi) is 5.63. The maximum absolute atomic E-state index is 13.2. The summed E-state index contributed by atoms with van der Waals surface area (Å²) in [5.74, 6) is -1.26. The minimum atomic E-state index is -4.55. The predicted octanol–water partition coefficient (Wildman–Crippen LogP) is 2.52. The number of hydrogen-bond acceptors (Lipinski definition) is 4. The van der Waals surface area contributed by atoms with Crippen molar-refractivity contribution in [3.63, 3.8) is 0 Å². The molecule has 2 aromatic carbocycles. The van der Waals surface area contributed by atoms with Gasteiger partial charge in [0, 0.05) is 11.4 Å². The van der Waals surface area contributed by atoms with Crippen molar-refractivity contribution < 1.29 is 28.2 Å². The minimum absolute atomic E-state index is 0.0687. The molecule has 0 bridgehead atoms. The fourth-order valence-electron chi connectivity index (χ4n) is 4.23. The van der Waals surface area contributed by atoms with E-state index in [0.29, 0.717) is 5.69 Å². The van der Waals surface area contributed by atoms with E-state index in [2.05, 4.69) is 10.6 Å². The van der Waals surface area contributed by atoms with Gasteiger partial charge in [-0.25, -0.2) is 0 Å². The zero-order valence-corrected chi connectivity index (χ0v) is 16.9. The number of fused-ring (bicyclic) bond motifs is 1. The van der Waals surface area contributed by atoms with Crippen LogP contribution >= 0.6 is 12.2 Å². The molecule has 2 aromatic rings. The van der Waals surface area contributed by atoms with Crippen molar-refractivity contribution in [2.24, 2.45) is 5.92 Å². The number of rotatable bonds is 3. The van der Waals surface area contributed by atoms with Crippen molar-refractivity contribution in [1.29, 1.82) is 0 Å². The molecule has 0 unspecified atom stereocenters. The quantitative estimate of drug-likeness (QED) is 0.537. The zero-order valence-electron chi connectivity index (χ0n) is 16.1. The van der Waals surface area contributed by atoms with Crippen LogP contribution in [0.5, 0.6) is 0 Å². The highest BCUT2D eigenvalue weighted by atomic mass is 32.1. The molecular formula is C21H20F3N3O3S. The Labute approximate surface area is 181 Å². The number of alkyl halides is 3. The van der Waals surface area contributed by atoms with Crippen LogP contribution in [0.25, 0.3) is 0 Å². The average molecular weight is 451 g/mol. The van der Waals surface area contributed by atoms with E-state index in [9.17, 15) is 28.2 Å². The molecule has 1 amide bonds. The summed E-state index contributed by atoms with van der Waals surface area (Å²) in [6, 6.07) is 11.7. The Balaban J connectivity index is 1.70. The average Bonchev–Trinajstić information content (AvgIpc) is 3.08. The van der Waals surface area contributed by atoms with Gasteiger partial charge in [-0.15, -0.1) is 0 Å². The third-order valence-corrected chi connectivity index (χ3v) is 5.99. The Hall–Kier alpha value is -2.69. The maximum atomic E-state index is 13.2. The number of carbonyl (C=O) groups excluding carboxylic acids is 1. The Morgan fingerprint density at radius 2 is 1.84 bits per heavy atom. The van der Waals surface area contributed by atoms with E-state index in [1.54, 1.807) is 30.3 Å². The fraction of sp³-hybridized carbons (Fsp3) is 0.333. The van der Waals surface area contributed by atoms with Crippen molar-refractivity contribution in [3.8, 4) is 0 Å². The Bertz CT molecular complexity index is 989. The van der Waals surface area contributed by atoms with E-state index in [1.807, 2.05) is 0 Å². The molecule has 1 heterocycles. The molecule has 0 spiro atoms. The molecular weight excluding hydrogens is 431 g/mol. The standard InChI is InChI=1S/C21H20F3N3O3S/c22-21(23,24)11-5-4-8-13(9-11)27-17-14(19(30)25-12-6-2-1-3-7-12)10-15(28)18(29)16(17)26-20(27)31/h1-9,14-18,28-29H,10H2,(H,25,30)(H,26,31)/t14-,15+,16-,17+,18-/m0/s1. The predicted molar refractivity (Wildman–Crippen MR) is 112 cm³/mol. The van der Waals surface area contributed by atoms with Gasteiger partial charge in [0.2, 0.25) is 5.91 Å². The SMILES string of the molecule is O=C(Nc1ccccc1)[C@H]1C[C@@H](O)[C@H](O)[C@H]2NC(=S)N(c3cccc(C(F)(F)F)c3)[C@@H]21. The molecule has 2 fully saturated rings. The lowest BCUT2D eigenvalue weighted by molar-refractivity contribution is -0.137. The van der Waals surface area contributed by atoms with E-state index in [1.165, 1.54) is 17.0 Å². The third-order valence-electron chi connectivity index (χ3n) is 5.67. The second-order valence-corrected chi connectivity index (χ2v) is 8.03. The summed E-state index contributed by atoms with van der Waals surface area (Å²) in [7, 11) is 0. The van der Waals surface area contributed by atoms with Crippen molar-refractivity contribution >= 4 is 34.6 Å². The fourth-order valence-corrected chi connectivity index (χ4v) is 4.59. The molecule has 10 heteroatoms. The van der Waals surface area contributed by atoms with Crippen molar-refractivity contribution in [2.45, 2.75) is 36.9 Å². The van der Waals surface area contributed by atoms with Crippen molar-refractivity contribution in [3.05, 3.63) is 60.2 Å². The van der Waals surface area contributed by atoms with Crippen LogP contribution in [-0.2, 0) is 11.0 Å². The Morgan fingerprint density at radius 1 is 1.13 bits per heavy atom. The van der Waals surface area contributed by atoms with Gasteiger partial charge in [-0.3, -0.25) is 4.79 Å². The largest absolute Gasteiger partial charge is 0.416 e. The van der Waals surface area contributed by atoms with Crippen LogP contribution in [0.15, 0.2) is 54.6 Å². The first-order valence-electron chi connectivity index (χ1n) is 9.66. The number of thiocarbonyl (C=S) groups is 1. The zero-order chi connectivity index (χ0) is 22.3. The first kappa shape index (κ1) is 21.5. The van der Waals surface area contributed by atoms with Gasteiger partial charge in [0.15, 0.2) is 5.11 Å². The Morgan fingerprint density at radius 3 is 2.52 bits per heavy atom. The molecule has 4 N–H and O–H groups in total. The highest BCUT2D eigenvalue weighted by molar-refractivity contribution is 7.80. The van der Waals surface area contributed by atoms with E-state index in [4.69, 9.17) is 12.2 Å². The molecule has 0 radical (unpaired) electrons. The summed E-state index contributed by atoms with van der Waals surface area (Å²) >= 11 is 5.34. The summed E-state index contributed by atoms with van der Waals surface area (Å²) in [5.41, 5.74) is -0.150. The number of halogens is 3. The van der Waals surface area contributed by atoms with Crippen LogP contribution in [0, 0.1) is 5.92 Å². The number of aliphatic hydroxyl groups excluding tert-OH is 2. The van der Waals surface area contributed by atoms with Gasteiger partial charge in [0.05, 0.1) is 29.7 Å². The number of anilines is 2. The van der Waals surface area contributed by atoms with E-state index in [-0.39, 0.29) is 17.2 Å². The van der Waals surface area contributed by atoms with E-state index >= 15 is 0 Å². The number of nitrogens with zero attached hydrogens (tertiary/aromatic N) is 1. The summed E-state index contributed by atoms with van der Waals surface area (Å²) in [4.78, 5) is 14.5. The van der Waals surface area contributed by atoms with Gasteiger partial charge in [-0.05, 0) is 49.0 Å². The van der Waals surface area contributed by atoms with Crippen LogP contribution in [0.3, 0.4) is 0 Å². The summed E-state index contributed by atoms with van der Waals surface area (Å²) in [5, 5.41) is 26.6. The lowest BCUT2D eigenvalue weighted by Crippen LogP contribution is -2.60. The molecule has 2 aliphatic rings. The molecule has 6 nitrogen and oxygen atoms in total. The highest BCUT2D eigenvalue weighted by Crippen LogP contribution is 2.39. The minimum Gasteiger partial charge on any atom is -0.390 e. The molecule has 1 saturated carbocycles. The van der Waals surface area contributed by atoms with E-state index < -0.39 is 47.9 Å². The van der Waals surface area contributed by atoms with Gasteiger partial charge in [-0.1, -0.05) is 24.3 Å². The number of para-hydroxylation sites is 1. The lowest BCUT2D eigenvalue weighted by atomic mass is 9.77. The first-order valence-corrected chi connectivity index (χ1v) is 10.1. The molecule has 0 aromatic heterocycles. The molecule has 31 heavy (non-hydrogen) atoms. The second-order valence-electron chi connectivity index (χ2n) is 7.64. The van der Waals surface area contributed by atoms with Gasteiger partial charge in [0.25, 0.3) is 0 Å². The van der Waals surface area contributed by atoms with Crippen molar-refractivity contribution in [2.75, 3.05) is 10.2 Å². The van der Waals surface area contributed by atoms with Gasteiger partial charge < -0.3 is 25.7 Å². The number of benzene rings is 2. The molecule has 1 aliphatic carbocycles. The number of carbonyl (C=O) groups is 1. The third kappa shape index (κ3) is 4.10. The molecule has 1 aliphatic heterocycles. The molecule has 5 atom stereocenters. The highest BCUT2D eigenvalue weighted by Gasteiger charge is 2.54. The van der Waals surface area contributed by atoms with Crippen LogP contribution in [0.4, 0.5) is 24.5 Å². The van der Waals surface area contributed by atoms with E-state index in [0.717, 1.165) is 12.1 Å². The number of hydrogen-bond donors (Lipinski definition) is 4. The van der Waals surface area contributed by atoms with Gasteiger partial charge in [0.1, 0.15) is 6.10 Å². The molecule has 4 rings (SSSR count). The maximum Gasteiger partial charge on any atom is 0.416 e. The number of nitrogens with one attached hydrogen (secondary N) is 2. The van der Waals surface area contributed by atoms with Crippen LogP contribution in [0.2, 0.25) is 0 Å². The molecule has 164 valence electrons. The summed E-state index contributed by atoms with van der Waals surface area (Å²) in [6.07, 6.45) is -7.04. The summed E-state index contributed by atoms with van der Waals surface area (Å²) in [6.45, 7) is 0. The van der Waals surface area contributed by atoms with Crippen LogP contribution in [-0.4, -0.2) is 45.5 Å². The topological polar surface area (TPSA) is 84.8 Å².